The van der Waals surface area contributed by atoms with Crippen molar-refractivity contribution in [3.05, 3.63) is 29.7 Å². The monoisotopic (exact) mass is 301 g/mol. The highest BCUT2D eigenvalue weighted by atomic mass is 16.4. The van der Waals surface area contributed by atoms with Crippen molar-refractivity contribution in [1.29, 1.82) is 0 Å². The summed E-state index contributed by atoms with van der Waals surface area (Å²) in [6.45, 7) is 4.34. The third-order valence-corrected chi connectivity index (χ3v) is 3.01. The van der Waals surface area contributed by atoms with Crippen molar-refractivity contribution in [1.82, 2.24) is 29.8 Å². The molecule has 114 valence electrons. The molecule has 0 aliphatic heterocycles. The first-order valence-electron chi connectivity index (χ1n) is 6.76. The van der Waals surface area contributed by atoms with Gasteiger partial charge in [-0.2, -0.15) is 10.2 Å². The molecule has 3 heterocycles. The number of anilines is 1. The summed E-state index contributed by atoms with van der Waals surface area (Å²) in [6, 6.07) is 3.47. The van der Waals surface area contributed by atoms with Gasteiger partial charge in [0.05, 0.1) is 5.69 Å². The quantitative estimate of drug-likeness (QED) is 0.777. The SMILES string of the molecule is CCn1nc(C)cc1C(=O)Nc1nnc(-c2ccn(C)n2)o1. The molecule has 0 aromatic carbocycles. The molecule has 0 radical (unpaired) electrons. The van der Waals surface area contributed by atoms with E-state index in [2.05, 4.69) is 25.7 Å². The van der Waals surface area contributed by atoms with E-state index < -0.39 is 0 Å². The summed E-state index contributed by atoms with van der Waals surface area (Å²) in [5.41, 5.74) is 1.76. The minimum atomic E-state index is -0.348. The fraction of sp³-hybridized carbons (Fsp3) is 0.308. The number of hydrogen-bond donors (Lipinski definition) is 1. The van der Waals surface area contributed by atoms with Gasteiger partial charge in [0.15, 0.2) is 0 Å². The van der Waals surface area contributed by atoms with Gasteiger partial charge in [-0.3, -0.25) is 19.5 Å². The number of carbonyl (C=O) groups is 1. The normalized spacial score (nSPS) is 10.9. The summed E-state index contributed by atoms with van der Waals surface area (Å²) < 4.78 is 8.63. The van der Waals surface area contributed by atoms with Crippen molar-refractivity contribution in [3.63, 3.8) is 0 Å². The van der Waals surface area contributed by atoms with E-state index in [1.807, 2.05) is 13.8 Å². The van der Waals surface area contributed by atoms with Gasteiger partial charge in [-0.15, -0.1) is 5.10 Å². The van der Waals surface area contributed by atoms with Crippen LogP contribution in [0, 0.1) is 6.92 Å². The molecule has 0 aliphatic carbocycles. The lowest BCUT2D eigenvalue weighted by molar-refractivity contribution is 0.101. The molecule has 0 atom stereocenters. The van der Waals surface area contributed by atoms with Crippen LogP contribution in [0.15, 0.2) is 22.7 Å². The Hall–Kier alpha value is -2.97. The predicted octanol–water partition coefficient (Wildman–Crippen LogP) is 1.25. The summed E-state index contributed by atoms with van der Waals surface area (Å²) >= 11 is 0. The van der Waals surface area contributed by atoms with Crippen molar-refractivity contribution < 1.29 is 9.21 Å². The van der Waals surface area contributed by atoms with E-state index in [1.165, 1.54) is 0 Å². The highest BCUT2D eigenvalue weighted by molar-refractivity contribution is 6.01. The third-order valence-electron chi connectivity index (χ3n) is 3.01. The fourth-order valence-corrected chi connectivity index (χ4v) is 2.04. The number of nitrogens with one attached hydrogen (secondary N) is 1. The van der Waals surface area contributed by atoms with Crippen molar-refractivity contribution in [2.45, 2.75) is 20.4 Å². The highest BCUT2D eigenvalue weighted by Crippen LogP contribution is 2.18. The second-order valence-corrected chi connectivity index (χ2v) is 4.73. The molecule has 0 spiro atoms. The molecule has 0 saturated carbocycles. The molecule has 0 saturated heterocycles. The number of hydrogen-bond acceptors (Lipinski definition) is 6. The van der Waals surface area contributed by atoms with Gasteiger partial charge >= 0.3 is 6.01 Å². The summed E-state index contributed by atoms with van der Waals surface area (Å²) in [4.78, 5) is 12.2. The Labute approximate surface area is 125 Å². The summed E-state index contributed by atoms with van der Waals surface area (Å²) in [5, 5.41) is 18.6. The van der Waals surface area contributed by atoms with Crippen LogP contribution in [0.4, 0.5) is 6.01 Å². The van der Waals surface area contributed by atoms with Gasteiger partial charge in [0.2, 0.25) is 0 Å². The first-order chi connectivity index (χ1) is 10.6. The van der Waals surface area contributed by atoms with E-state index >= 15 is 0 Å². The van der Waals surface area contributed by atoms with Gasteiger partial charge in [0.25, 0.3) is 11.8 Å². The molecule has 0 fully saturated rings. The summed E-state index contributed by atoms with van der Waals surface area (Å²) in [6.07, 6.45) is 1.76. The minimum absolute atomic E-state index is 0.0205. The Morgan fingerprint density at radius 2 is 2.18 bits per heavy atom. The average Bonchev–Trinajstić information content (AvgIpc) is 3.18. The van der Waals surface area contributed by atoms with E-state index in [4.69, 9.17) is 4.42 Å². The van der Waals surface area contributed by atoms with Crippen LogP contribution in [0.25, 0.3) is 11.6 Å². The maximum Gasteiger partial charge on any atom is 0.322 e. The lowest BCUT2D eigenvalue weighted by Gasteiger charge is -2.02. The molecule has 0 unspecified atom stereocenters. The second kappa shape index (κ2) is 5.43. The molecular weight excluding hydrogens is 286 g/mol. The fourth-order valence-electron chi connectivity index (χ4n) is 2.04. The molecule has 1 N–H and O–H groups in total. The summed E-state index contributed by atoms with van der Waals surface area (Å²) in [7, 11) is 1.79. The van der Waals surface area contributed by atoms with E-state index in [1.54, 1.807) is 34.7 Å². The first kappa shape index (κ1) is 14.0. The number of carbonyl (C=O) groups excluding carboxylic acids is 1. The highest BCUT2D eigenvalue weighted by Gasteiger charge is 2.17. The van der Waals surface area contributed by atoms with Crippen LogP contribution in [-0.4, -0.2) is 35.7 Å². The minimum Gasteiger partial charge on any atom is -0.401 e. The standard InChI is InChI=1S/C13H15N7O2/c1-4-20-10(7-8(2)17-20)11(21)14-13-16-15-12(22-13)9-5-6-19(3)18-9/h5-7H,4H2,1-3H3,(H,14,16,21). The zero-order valence-electron chi connectivity index (χ0n) is 12.4. The van der Waals surface area contributed by atoms with Crippen molar-refractivity contribution in [2.75, 3.05) is 5.32 Å². The van der Waals surface area contributed by atoms with E-state index in [0.717, 1.165) is 5.69 Å². The molecule has 22 heavy (non-hydrogen) atoms. The summed E-state index contributed by atoms with van der Waals surface area (Å²) in [5.74, 6) is -0.102. The molecule has 3 aromatic heterocycles. The predicted molar refractivity (Wildman–Crippen MR) is 77.1 cm³/mol. The van der Waals surface area contributed by atoms with E-state index in [-0.39, 0.29) is 17.8 Å². The Balaban J connectivity index is 1.78. The molecular formula is C13H15N7O2. The number of amides is 1. The molecule has 3 rings (SSSR count). The average molecular weight is 301 g/mol. The van der Waals surface area contributed by atoms with Gasteiger partial charge in [-0.1, -0.05) is 5.10 Å². The van der Waals surface area contributed by atoms with E-state index in [9.17, 15) is 4.79 Å². The van der Waals surface area contributed by atoms with Crippen molar-refractivity contribution >= 4 is 11.9 Å². The molecule has 9 nitrogen and oxygen atoms in total. The van der Waals surface area contributed by atoms with Crippen molar-refractivity contribution in [3.8, 4) is 11.6 Å². The Kier molecular flexibility index (Phi) is 3.45. The molecule has 0 aliphatic rings. The molecule has 3 aromatic rings. The Bertz CT molecular complexity index is 814. The maximum atomic E-state index is 12.2. The maximum absolute atomic E-state index is 12.2. The number of rotatable bonds is 4. The van der Waals surface area contributed by atoms with Crippen LogP contribution in [-0.2, 0) is 13.6 Å². The van der Waals surface area contributed by atoms with Gasteiger partial charge < -0.3 is 4.42 Å². The van der Waals surface area contributed by atoms with Crippen LogP contribution < -0.4 is 5.32 Å². The first-order valence-corrected chi connectivity index (χ1v) is 6.76. The topological polar surface area (TPSA) is 104 Å². The van der Waals surface area contributed by atoms with Crippen LogP contribution in [0.1, 0.15) is 23.1 Å². The number of nitrogens with zero attached hydrogens (tertiary/aromatic N) is 6. The Morgan fingerprint density at radius 1 is 1.36 bits per heavy atom. The van der Waals surface area contributed by atoms with Gasteiger partial charge in [0, 0.05) is 19.8 Å². The third kappa shape index (κ3) is 2.60. The van der Waals surface area contributed by atoms with Gasteiger partial charge in [-0.25, -0.2) is 0 Å². The van der Waals surface area contributed by atoms with Gasteiger partial charge in [0.1, 0.15) is 11.4 Å². The molecule has 9 heteroatoms. The second-order valence-electron chi connectivity index (χ2n) is 4.73. The lowest BCUT2D eigenvalue weighted by atomic mass is 10.3. The van der Waals surface area contributed by atoms with Gasteiger partial charge in [-0.05, 0) is 26.0 Å². The number of aromatic nitrogens is 6. The van der Waals surface area contributed by atoms with Crippen LogP contribution >= 0.6 is 0 Å². The largest absolute Gasteiger partial charge is 0.401 e. The lowest BCUT2D eigenvalue weighted by Crippen LogP contribution is -2.17. The molecule has 0 bridgehead atoms. The molecule has 1 amide bonds. The zero-order valence-corrected chi connectivity index (χ0v) is 12.4. The van der Waals surface area contributed by atoms with Crippen LogP contribution in [0.2, 0.25) is 0 Å². The zero-order chi connectivity index (χ0) is 15.7. The number of aryl methyl sites for hydroxylation is 3. The van der Waals surface area contributed by atoms with E-state index in [0.29, 0.717) is 17.9 Å². The van der Waals surface area contributed by atoms with Crippen molar-refractivity contribution in [2.24, 2.45) is 7.05 Å². The van der Waals surface area contributed by atoms with Crippen LogP contribution in [0.5, 0.6) is 0 Å². The Morgan fingerprint density at radius 3 is 2.86 bits per heavy atom. The smallest absolute Gasteiger partial charge is 0.322 e. The van der Waals surface area contributed by atoms with Crippen LogP contribution in [0.3, 0.4) is 0 Å².